The van der Waals surface area contributed by atoms with Gasteiger partial charge in [0.15, 0.2) is 10.8 Å². The molecule has 0 spiro atoms. The van der Waals surface area contributed by atoms with Crippen molar-refractivity contribution in [3.8, 4) is 5.75 Å². The average molecular weight is 276 g/mol. The second kappa shape index (κ2) is 4.74. The topological polar surface area (TPSA) is 64.3 Å². The SMILES string of the molecule is COc1ccc(Nc2nc3c(Cl)nccn3n2)cc1. The maximum atomic E-state index is 5.93. The molecule has 3 aromatic rings. The van der Waals surface area contributed by atoms with Crippen LogP contribution in [-0.2, 0) is 0 Å². The van der Waals surface area contributed by atoms with Crippen molar-refractivity contribution in [1.29, 1.82) is 0 Å². The molecule has 0 radical (unpaired) electrons. The summed E-state index contributed by atoms with van der Waals surface area (Å²) in [6.45, 7) is 0. The predicted molar refractivity (Wildman–Crippen MR) is 72.1 cm³/mol. The quantitative estimate of drug-likeness (QED) is 0.796. The van der Waals surface area contributed by atoms with Crippen molar-refractivity contribution in [2.24, 2.45) is 0 Å². The van der Waals surface area contributed by atoms with Gasteiger partial charge >= 0.3 is 0 Å². The third-order valence-electron chi connectivity index (χ3n) is 2.56. The van der Waals surface area contributed by atoms with Crippen molar-refractivity contribution >= 4 is 28.9 Å². The van der Waals surface area contributed by atoms with Crippen molar-refractivity contribution in [1.82, 2.24) is 19.6 Å². The lowest BCUT2D eigenvalue weighted by Gasteiger charge is -2.02. The molecule has 0 saturated carbocycles. The van der Waals surface area contributed by atoms with Crippen molar-refractivity contribution in [2.45, 2.75) is 0 Å². The molecule has 0 saturated heterocycles. The molecule has 3 rings (SSSR count). The van der Waals surface area contributed by atoms with E-state index in [0.29, 0.717) is 16.7 Å². The van der Waals surface area contributed by atoms with Crippen molar-refractivity contribution in [3.63, 3.8) is 0 Å². The van der Waals surface area contributed by atoms with E-state index in [4.69, 9.17) is 16.3 Å². The Morgan fingerprint density at radius 1 is 1.26 bits per heavy atom. The van der Waals surface area contributed by atoms with E-state index in [2.05, 4.69) is 20.4 Å². The molecule has 0 aliphatic carbocycles. The summed E-state index contributed by atoms with van der Waals surface area (Å²) in [7, 11) is 1.63. The molecular weight excluding hydrogens is 266 g/mol. The van der Waals surface area contributed by atoms with E-state index in [1.807, 2.05) is 24.3 Å². The molecule has 6 nitrogen and oxygen atoms in total. The zero-order chi connectivity index (χ0) is 13.2. The van der Waals surface area contributed by atoms with Gasteiger partial charge in [0.2, 0.25) is 5.95 Å². The standard InChI is InChI=1S/C12H10ClN5O/c1-19-9-4-2-8(3-5-9)15-12-16-11-10(13)14-6-7-18(11)17-12/h2-7H,1H3,(H,15,17). The summed E-state index contributed by atoms with van der Waals surface area (Å²) in [6, 6.07) is 7.47. The molecule has 0 atom stereocenters. The van der Waals surface area contributed by atoms with Gasteiger partial charge in [-0.15, -0.1) is 5.10 Å². The Bertz CT molecular complexity index is 710. The van der Waals surface area contributed by atoms with E-state index in [0.717, 1.165) is 11.4 Å². The zero-order valence-corrected chi connectivity index (χ0v) is 10.8. The van der Waals surface area contributed by atoms with Gasteiger partial charge in [-0.3, -0.25) is 0 Å². The van der Waals surface area contributed by atoms with Crippen LogP contribution in [0.15, 0.2) is 36.7 Å². The highest BCUT2D eigenvalue weighted by Crippen LogP contribution is 2.19. The lowest BCUT2D eigenvalue weighted by molar-refractivity contribution is 0.415. The lowest BCUT2D eigenvalue weighted by atomic mass is 10.3. The number of rotatable bonds is 3. The molecule has 1 aromatic carbocycles. The minimum atomic E-state index is 0.317. The maximum absolute atomic E-state index is 5.93. The second-order valence-electron chi connectivity index (χ2n) is 3.78. The minimum Gasteiger partial charge on any atom is -0.497 e. The van der Waals surface area contributed by atoms with E-state index < -0.39 is 0 Å². The molecule has 0 bridgehead atoms. The molecular formula is C12H10ClN5O. The number of ether oxygens (including phenoxy) is 1. The van der Waals surface area contributed by atoms with Gasteiger partial charge < -0.3 is 10.1 Å². The monoisotopic (exact) mass is 275 g/mol. The van der Waals surface area contributed by atoms with Gasteiger partial charge in [-0.2, -0.15) is 4.98 Å². The molecule has 0 aliphatic heterocycles. The molecule has 19 heavy (non-hydrogen) atoms. The molecule has 0 fully saturated rings. The number of hydrogen-bond donors (Lipinski definition) is 1. The number of nitrogens with one attached hydrogen (secondary N) is 1. The van der Waals surface area contributed by atoms with Gasteiger partial charge in [0.25, 0.3) is 0 Å². The number of anilines is 2. The fourth-order valence-corrected chi connectivity index (χ4v) is 1.83. The van der Waals surface area contributed by atoms with E-state index in [-0.39, 0.29) is 0 Å². The van der Waals surface area contributed by atoms with Gasteiger partial charge in [0.05, 0.1) is 7.11 Å². The summed E-state index contributed by atoms with van der Waals surface area (Å²) < 4.78 is 6.66. The zero-order valence-electron chi connectivity index (χ0n) is 10.0. The van der Waals surface area contributed by atoms with Gasteiger partial charge in [-0.1, -0.05) is 11.6 Å². The first-order valence-corrected chi connectivity index (χ1v) is 5.92. The second-order valence-corrected chi connectivity index (χ2v) is 4.13. The van der Waals surface area contributed by atoms with E-state index in [1.54, 1.807) is 24.0 Å². The van der Waals surface area contributed by atoms with Crippen LogP contribution >= 0.6 is 11.6 Å². The van der Waals surface area contributed by atoms with Crippen LogP contribution in [-0.4, -0.2) is 26.7 Å². The van der Waals surface area contributed by atoms with Gasteiger partial charge in [0, 0.05) is 18.1 Å². The minimum absolute atomic E-state index is 0.317. The van der Waals surface area contributed by atoms with Crippen LogP contribution in [0.3, 0.4) is 0 Å². The van der Waals surface area contributed by atoms with E-state index >= 15 is 0 Å². The highest BCUT2D eigenvalue weighted by Gasteiger charge is 2.07. The van der Waals surface area contributed by atoms with Gasteiger partial charge in [-0.05, 0) is 24.3 Å². The first-order chi connectivity index (χ1) is 9.26. The summed E-state index contributed by atoms with van der Waals surface area (Å²) in [5.74, 6) is 1.25. The first kappa shape index (κ1) is 11.7. The van der Waals surface area contributed by atoms with Crippen LogP contribution in [0.5, 0.6) is 5.75 Å². The van der Waals surface area contributed by atoms with Crippen LogP contribution in [0.4, 0.5) is 11.6 Å². The number of nitrogens with zero attached hydrogens (tertiary/aromatic N) is 4. The smallest absolute Gasteiger partial charge is 0.247 e. The fraction of sp³-hybridized carbons (Fsp3) is 0.0833. The van der Waals surface area contributed by atoms with Crippen molar-refractivity contribution in [2.75, 3.05) is 12.4 Å². The van der Waals surface area contributed by atoms with E-state index in [9.17, 15) is 0 Å². The predicted octanol–water partition coefficient (Wildman–Crippen LogP) is 2.53. The fourth-order valence-electron chi connectivity index (χ4n) is 1.64. The number of benzene rings is 1. The van der Waals surface area contributed by atoms with Crippen molar-refractivity contribution in [3.05, 3.63) is 41.8 Å². The number of hydrogen-bond acceptors (Lipinski definition) is 5. The normalized spacial score (nSPS) is 10.6. The molecule has 1 N–H and O–H groups in total. The summed E-state index contributed by atoms with van der Waals surface area (Å²) >= 11 is 5.93. The number of fused-ring (bicyclic) bond motifs is 1. The highest BCUT2D eigenvalue weighted by atomic mass is 35.5. The van der Waals surface area contributed by atoms with E-state index in [1.165, 1.54) is 0 Å². The summed E-state index contributed by atoms with van der Waals surface area (Å²) in [6.07, 6.45) is 3.26. The maximum Gasteiger partial charge on any atom is 0.247 e. The Balaban J connectivity index is 1.90. The molecule has 0 unspecified atom stereocenters. The summed E-state index contributed by atoms with van der Waals surface area (Å²) in [4.78, 5) is 8.21. The van der Waals surface area contributed by atoms with Crippen LogP contribution in [0.1, 0.15) is 0 Å². The Morgan fingerprint density at radius 2 is 2.05 bits per heavy atom. The largest absolute Gasteiger partial charge is 0.497 e. The van der Waals surface area contributed by atoms with Crippen LogP contribution < -0.4 is 10.1 Å². The Labute approximate surface area is 114 Å². The number of halogens is 1. The van der Waals surface area contributed by atoms with Crippen LogP contribution in [0, 0.1) is 0 Å². The van der Waals surface area contributed by atoms with Crippen LogP contribution in [0.2, 0.25) is 5.15 Å². The molecule has 0 aliphatic rings. The average Bonchev–Trinajstić information content (AvgIpc) is 2.84. The highest BCUT2D eigenvalue weighted by molar-refractivity contribution is 6.32. The third kappa shape index (κ3) is 2.30. The number of methoxy groups -OCH3 is 1. The Kier molecular flexibility index (Phi) is 2.92. The lowest BCUT2D eigenvalue weighted by Crippen LogP contribution is -1.93. The van der Waals surface area contributed by atoms with Gasteiger partial charge in [-0.25, -0.2) is 9.50 Å². The molecule has 2 heterocycles. The van der Waals surface area contributed by atoms with Crippen molar-refractivity contribution < 1.29 is 4.74 Å². The Hall–Kier alpha value is -2.34. The van der Waals surface area contributed by atoms with Crippen LogP contribution in [0.25, 0.3) is 5.65 Å². The first-order valence-electron chi connectivity index (χ1n) is 5.54. The molecule has 0 amide bonds. The summed E-state index contributed by atoms with van der Waals surface area (Å²) in [5, 5.41) is 7.65. The summed E-state index contributed by atoms with van der Waals surface area (Å²) in [5.41, 5.74) is 1.38. The molecule has 2 aromatic heterocycles. The Morgan fingerprint density at radius 3 is 2.74 bits per heavy atom. The third-order valence-corrected chi connectivity index (χ3v) is 2.82. The molecule has 7 heteroatoms. The molecule has 96 valence electrons. The number of aromatic nitrogens is 4. The van der Waals surface area contributed by atoms with Gasteiger partial charge in [0.1, 0.15) is 5.75 Å².